The largest absolute Gasteiger partial charge is 0.362 e. The van der Waals surface area contributed by atoms with Crippen LogP contribution in [-0.2, 0) is 13.0 Å². The molecule has 0 aliphatic rings. The van der Waals surface area contributed by atoms with Gasteiger partial charge in [-0.25, -0.2) is 4.98 Å². The van der Waals surface area contributed by atoms with E-state index in [9.17, 15) is 0 Å². The smallest absolute Gasteiger partial charge is 0.182 e. The first-order chi connectivity index (χ1) is 9.28. The molecular formula is C14H21N3S2. The predicted octanol–water partition coefficient (Wildman–Crippen LogP) is 3.70. The average molecular weight is 295 g/mol. The molecule has 0 amide bonds. The number of aromatic nitrogens is 1. The molecule has 0 aliphatic heterocycles. The summed E-state index contributed by atoms with van der Waals surface area (Å²) < 4.78 is 0. The van der Waals surface area contributed by atoms with Crippen molar-refractivity contribution in [3.05, 3.63) is 33.5 Å². The van der Waals surface area contributed by atoms with Gasteiger partial charge in [-0.1, -0.05) is 13.0 Å². The molecule has 0 saturated heterocycles. The minimum absolute atomic E-state index is 0.983. The molecule has 0 aliphatic carbocycles. The second-order valence-electron chi connectivity index (χ2n) is 4.63. The molecule has 19 heavy (non-hydrogen) atoms. The van der Waals surface area contributed by atoms with Gasteiger partial charge in [0.1, 0.15) is 0 Å². The Bertz CT molecular complexity index is 465. The molecular weight excluding hydrogens is 274 g/mol. The van der Waals surface area contributed by atoms with E-state index in [1.54, 1.807) is 11.3 Å². The standard InChI is InChI=1S/C14H21N3S2/c1-3-7-15-14-16-10-13(19-14)11-17(2)8-6-12-5-4-9-18-12/h4-5,9-10H,3,6-8,11H2,1-2H3,(H,15,16). The third kappa shape index (κ3) is 4.93. The minimum Gasteiger partial charge on any atom is -0.362 e. The molecule has 0 fully saturated rings. The summed E-state index contributed by atoms with van der Waals surface area (Å²) in [5.74, 6) is 0. The zero-order valence-corrected chi connectivity index (χ0v) is 13.2. The van der Waals surface area contributed by atoms with Gasteiger partial charge in [0.15, 0.2) is 5.13 Å². The quantitative estimate of drug-likeness (QED) is 0.805. The van der Waals surface area contributed by atoms with E-state index in [-0.39, 0.29) is 0 Å². The molecule has 0 saturated carbocycles. The summed E-state index contributed by atoms with van der Waals surface area (Å²) in [6.45, 7) is 5.24. The highest BCUT2D eigenvalue weighted by Crippen LogP contribution is 2.19. The van der Waals surface area contributed by atoms with Gasteiger partial charge in [0, 0.05) is 35.6 Å². The fraction of sp³-hybridized carbons (Fsp3) is 0.500. The van der Waals surface area contributed by atoms with Gasteiger partial charge in [-0.15, -0.1) is 22.7 Å². The first-order valence-electron chi connectivity index (χ1n) is 6.67. The lowest BCUT2D eigenvalue weighted by atomic mass is 10.3. The molecule has 2 rings (SSSR count). The molecule has 3 nitrogen and oxygen atoms in total. The zero-order chi connectivity index (χ0) is 13.5. The summed E-state index contributed by atoms with van der Waals surface area (Å²) >= 11 is 3.60. The zero-order valence-electron chi connectivity index (χ0n) is 11.6. The van der Waals surface area contributed by atoms with E-state index >= 15 is 0 Å². The maximum atomic E-state index is 4.40. The van der Waals surface area contributed by atoms with Crippen LogP contribution in [0.2, 0.25) is 0 Å². The monoisotopic (exact) mass is 295 g/mol. The molecule has 104 valence electrons. The number of nitrogens with zero attached hydrogens (tertiary/aromatic N) is 2. The minimum atomic E-state index is 0.983. The number of rotatable bonds is 8. The number of thiazole rings is 1. The summed E-state index contributed by atoms with van der Waals surface area (Å²) in [5.41, 5.74) is 0. The number of anilines is 1. The molecule has 0 radical (unpaired) electrons. The van der Waals surface area contributed by atoms with Crippen LogP contribution in [0, 0.1) is 0 Å². The van der Waals surface area contributed by atoms with Crippen molar-refractivity contribution >= 4 is 27.8 Å². The van der Waals surface area contributed by atoms with Crippen molar-refractivity contribution in [1.82, 2.24) is 9.88 Å². The van der Waals surface area contributed by atoms with Crippen molar-refractivity contribution in [3.8, 4) is 0 Å². The van der Waals surface area contributed by atoms with Crippen molar-refractivity contribution in [2.75, 3.05) is 25.5 Å². The van der Waals surface area contributed by atoms with Crippen molar-refractivity contribution in [1.29, 1.82) is 0 Å². The Morgan fingerprint density at radius 1 is 1.37 bits per heavy atom. The number of thiophene rings is 1. The van der Waals surface area contributed by atoms with Gasteiger partial charge in [0.2, 0.25) is 0 Å². The van der Waals surface area contributed by atoms with E-state index in [0.29, 0.717) is 0 Å². The lowest BCUT2D eigenvalue weighted by Gasteiger charge is -2.14. The first kappa shape index (κ1) is 14.5. The van der Waals surface area contributed by atoms with Gasteiger partial charge in [0.05, 0.1) is 0 Å². The van der Waals surface area contributed by atoms with E-state index in [0.717, 1.165) is 37.6 Å². The molecule has 2 heterocycles. The van der Waals surface area contributed by atoms with Crippen molar-refractivity contribution in [2.45, 2.75) is 26.3 Å². The van der Waals surface area contributed by atoms with Gasteiger partial charge in [0.25, 0.3) is 0 Å². The van der Waals surface area contributed by atoms with E-state index in [4.69, 9.17) is 0 Å². The van der Waals surface area contributed by atoms with Crippen LogP contribution in [0.5, 0.6) is 0 Å². The van der Waals surface area contributed by atoms with Gasteiger partial charge >= 0.3 is 0 Å². The molecule has 0 atom stereocenters. The highest BCUT2D eigenvalue weighted by atomic mass is 32.1. The lowest BCUT2D eigenvalue weighted by molar-refractivity contribution is 0.335. The fourth-order valence-corrected chi connectivity index (χ4v) is 3.41. The van der Waals surface area contributed by atoms with Crippen molar-refractivity contribution in [3.63, 3.8) is 0 Å². The molecule has 0 bridgehead atoms. The predicted molar refractivity (Wildman–Crippen MR) is 85.3 cm³/mol. The van der Waals surface area contributed by atoms with Gasteiger partial charge in [-0.2, -0.15) is 0 Å². The molecule has 5 heteroatoms. The molecule has 0 unspecified atom stereocenters. The van der Waals surface area contributed by atoms with Crippen LogP contribution < -0.4 is 5.32 Å². The van der Waals surface area contributed by atoms with Crippen LogP contribution in [0.3, 0.4) is 0 Å². The van der Waals surface area contributed by atoms with Crippen LogP contribution in [0.15, 0.2) is 23.7 Å². The Morgan fingerprint density at radius 2 is 2.26 bits per heavy atom. The van der Waals surface area contributed by atoms with E-state index in [1.165, 1.54) is 9.75 Å². The summed E-state index contributed by atoms with van der Waals surface area (Å²) in [6, 6.07) is 4.33. The Kier molecular flexibility index (Phi) is 5.82. The Labute approximate surface area is 123 Å². The number of nitrogens with one attached hydrogen (secondary N) is 1. The van der Waals surface area contributed by atoms with Gasteiger partial charge in [-0.3, -0.25) is 0 Å². The summed E-state index contributed by atoms with van der Waals surface area (Å²) in [7, 11) is 2.17. The SMILES string of the molecule is CCCNc1ncc(CN(C)CCc2cccs2)s1. The maximum absolute atomic E-state index is 4.40. The van der Waals surface area contributed by atoms with Crippen LogP contribution in [0.1, 0.15) is 23.1 Å². The van der Waals surface area contributed by atoms with E-state index < -0.39 is 0 Å². The van der Waals surface area contributed by atoms with E-state index in [1.807, 2.05) is 17.5 Å². The molecule has 1 N–H and O–H groups in total. The molecule has 0 spiro atoms. The van der Waals surface area contributed by atoms with Crippen LogP contribution in [0.25, 0.3) is 0 Å². The number of likely N-dealkylation sites (N-methyl/N-ethyl adjacent to an activating group) is 1. The summed E-state index contributed by atoms with van der Waals surface area (Å²) in [5, 5.41) is 6.52. The van der Waals surface area contributed by atoms with Gasteiger partial charge < -0.3 is 10.2 Å². The highest BCUT2D eigenvalue weighted by Gasteiger charge is 2.05. The van der Waals surface area contributed by atoms with E-state index in [2.05, 4.69) is 46.7 Å². The molecule has 0 aromatic carbocycles. The maximum Gasteiger partial charge on any atom is 0.182 e. The summed E-state index contributed by atoms with van der Waals surface area (Å²) in [4.78, 5) is 9.54. The fourth-order valence-electron chi connectivity index (χ4n) is 1.80. The highest BCUT2D eigenvalue weighted by molar-refractivity contribution is 7.15. The van der Waals surface area contributed by atoms with Crippen LogP contribution in [-0.4, -0.2) is 30.0 Å². The first-order valence-corrected chi connectivity index (χ1v) is 8.37. The Morgan fingerprint density at radius 3 is 3.00 bits per heavy atom. The van der Waals surface area contributed by atoms with Crippen LogP contribution in [0.4, 0.5) is 5.13 Å². The van der Waals surface area contributed by atoms with Crippen molar-refractivity contribution < 1.29 is 0 Å². The van der Waals surface area contributed by atoms with Crippen molar-refractivity contribution in [2.24, 2.45) is 0 Å². The second kappa shape index (κ2) is 7.62. The Balaban J connectivity index is 1.75. The van der Waals surface area contributed by atoms with Gasteiger partial charge in [-0.05, 0) is 31.3 Å². The normalized spacial score (nSPS) is 11.1. The topological polar surface area (TPSA) is 28.2 Å². The number of hydrogen-bond acceptors (Lipinski definition) is 5. The molecule has 2 aromatic rings. The molecule has 2 aromatic heterocycles. The summed E-state index contributed by atoms with van der Waals surface area (Å²) in [6.07, 6.45) is 4.26. The number of hydrogen-bond donors (Lipinski definition) is 1. The van der Waals surface area contributed by atoms with Crippen LogP contribution >= 0.6 is 22.7 Å². The third-order valence-corrected chi connectivity index (χ3v) is 4.70. The third-order valence-electron chi connectivity index (χ3n) is 2.83. The lowest BCUT2D eigenvalue weighted by Crippen LogP contribution is -2.19. The Hall–Kier alpha value is -0.910. The average Bonchev–Trinajstić information content (AvgIpc) is 3.05. The second-order valence-corrected chi connectivity index (χ2v) is 6.77.